The van der Waals surface area contributed by atoms with E-state index in [4.69, 9.17) is 4.12 Å². The van der Waals surface area contributed by atoms with Crippen LogP contribution in [-0.4, -0.2) is 20.2 Å². The minimum absolute atomic E-state index is 0.344. The van der Waals surface area contributed by atoms with E-state index >= 15 is 0 Å². The van der Waals surface area contributed by atoms with Crippen molar-refractivity contribution in [1.82, 2.24) is 0 Å². The summed E-state index contributed by atoms with van der Waals surface area (Å²) in [5.41, 5.74) is 0.695. The zero-order chi connectivity index (χ0) is 10.9. The minimum Gasteiger partial charge on any atom is -0.468 e. The van der Waals surface area contributed by atoms with Gasteiger partial charge in [0.2, 0.25) is 0 Å². The van der Waals surface area contributed by atoms with Crippen LogP contribution in [0.15, 0.2) is 0 Å². The molecule has 0 aliphatic heterocycles. The van der Waals surface area contributed by atoms with Gasteiger partial charge in [-0.3, -0.25) is 0 Å². The van der Waals surface area contributed by atoms with Crippen LogP contribution < -0.4 is 0 Å². The first-order chi connectivity index (χ1) is 5.56. The molecule has 0 rings (SSSR count). The quantitative estimate of drug-likeness (QED) is 0.655. The lowest BCUT2D eigenvalue weighted by molar-refractivity contribution is 0.0786. The van der Waals surface area contributed by atoms with Crippen molar-refractivity contribution in [2.45, 2.75) is 53.5 Å². The van der Waals surface area contributed by atoms with Crippen LogP contribution in [0.1, 0.15) is 48.5 Å². The highest BCUT2D eigenvalue weighted by Gasteiger charge is 2.45. The van der Waals surface area contributed by atoms with E-state index < -0.39 is 0 Å². The maximum atomic E-state index is 5.57. The zero-order valence-electron chi connectivity index (χ0n) is 10.6. The van der Waals surface area contributed by atoms with Gasteiger partial charge in [0.15, 0.2) is 9.76 Å². The lowest BCUT2D eigenvalue weighted by atomic mass is 9.62. The molecule has 0 aromatic carbocycles. The first-order valence-corrected chi connectivity index (χ1v) is 7.15. The van der Waals surface area contributed by atoms with Crippen LogP contribution in [0.2, 0.25) is 5.04 Å². The fraction of sp³-hybridized carbons (Fsp3) is 1.00. The maximum Gasteiger partial charge on any atom is 0.151 e. The third-order valence-corrected chi connectivity index (χ3v) is 6.83. The molecule has 0 heterocycles. The van der Waals surface area contributed by atoms with E-state index in [9.17, 15) is 0 Å². The monoisotopic (exact) mass is 218 g/mol. The van der Waals surface area contributed by atoms with Gasteiger partial charge in [0.25, 0.3) is 0 Å². The van der Waals surface area contributed by atoms with Crippen LogP contribution in [0.3, 0.4) is 0 Å². The normalized spacial score (nSPS) is 15.9. The first kappa shape index (κ1) is 13.4. The van der Waals surface area contributed by atoms with Gasteiger partial charge in [-0.05, 0) is 15.9 Å². The molecule has 0 aliphatic rings. The van der Waals surface area contributed by atoms with Crippen LogP contribution in [0, 0.1) is 10.8 Å². The summed E-state index contributed by atoms with van der Waals surface area (Å²) in [7, 11) is 0.530. The maximum absolute atomic E-state index is 5.57. The van der Waals surface area contributed by atoms with Crippen molar-refractivity contribution >= 4 is 20.2 Å². The molecule has 0 radical (unpaired) electrons. The Morgan fingerprint density at radius 1 is 0.923 bits per heavy atom. The molecule has 13 heavy (non-hydrogen) atoms. The van der Waals surface area contributed by atoms with Crippen molar-refractivity contribution in [3.63, 3.8) is 0 Å². The van der Waals surface area contributed by atoms with Crippen molar-refractivity contribution in [3.8, 4) is 0 Å². The summed E-state index contributed by atoms with van der Waals surface area (Å²) in [5.74, 6) is 0. The average Bonchev–Trinajstić information content (AvgIpc) is 1.84. The predicted octanol–water partition coefficient (Wildman–Crippen LogP) is 1.64. The Labute approximate surface area is 89.1 Å². The van der Waals surface area contributed by atoms with Crippen molar-refractivity contribution in [2.24, 2.45) is 10.8 Å². The summed E-state index contributed by atoms with van der Waals surface area (Å²) in [5, 5.41) is 0.382. The fourth-order valence-electron chi connectivity index (χ4n) is 1.56. The summed E-state index contributed by atoms with van der Waals surface area (Å²) < 4.78 is 5.57. The molecule has 0 aromatic rings. The van der Waals surface area contributed by atoms with Crippen molar-refractivity contribution in [3.05, 3.63) is 0 Å². The van der Waals surface area contributed by atoms with Crippen molar-refractivity contribution in [2.75, 3.05) is 0 Å². The third-order valence-electron chi connectivity index (χ3n) is 4.07. The highest BCUT2D eigenvalue weighted by Crippen LogP contribution is 2.54. The van der Waals surface area contributed by atoms with E-state index in [1.165, 1.54) is 0 Å². The molecular weight excluding hydrogens is 192 g/mol. The SMILES string of the molecule is CC(C)(C)C(C)(C)C(C)(C)[SiH2]O[SiH3]. The smallest absolute Gasteiger partial charge is 0.151 e. The molecule has 1 nitrogen and oxygen atoms in total. The average molecular weight is 218 g/mol. The Morgan fingerprint density at radius 2 is 1.31 bits per heavy atom. The second-order valence-corrected chi connectivity index (χ2v) is 10.6. The van der Waals surface area contributed by atoms with Gasteiger partial charge in [-0.1, -0.05) is 48.5 Å². The third kappa shape index (κ3) is 2.67. The topological polar surface area (TPSA) is 9.23 Å². The highest BCUT2D eigenvalue weighted by atomic mass is 28.3. The van der Waals surface area contributed by atoms with E-state index in [1.54, 1.807) is 0 Å². The van der Waals surface area contributed by atoms with E-state index in [0.29, 0.717) is 15.9 Å². The van der Waals surface area contributed by atoms with Gasteiger partial charge < -0.3 is 4.12 Å². The van der Waals surface area contributed by atoms with Crippen LogP contribution in [0.4, 0.5) is 0 Å². The Hall–Kier alpha value is 0.394. The van der Waals surface area contributed by atoms with E-state index in [2.05, 4.69) is 48.5 Å². The van der Waals surface area contributed by atoms with Crippen LogP contribution >= 0.6 is 0 Å². The van der Waals surface area contributed by atoms with Gasteiger partial charge >= 0.3 is 0 Å². The van der Waals surface area contributed by atoms with Gasteiger partial charge in [0, 0.05) is 0 Å². The van der Waals surface area contributed by atoms with Gasteiger partial charge in [-0.15, -0.1) is 0 Å². The predicted molar refractivity (Wildman–Crippen MR) is 66.8 cm³/mol. The van der Waals surface area contributed by atoms with Gasteiger partial charge in [-0.2, -0.15) is 0 Å². The van der Waals surface area contributed by atoms with Crippen molar-refractivity contribution in [1.29, 1.82) is 0 Å². The summed E-state index contributed by atoms with van der Waals surface area (Å²) in [6.07, 6.45) is 0. The zero-order valence-corrected chi connectivity index (χ0v) is 14.0. The largest absolute Gasteiger partial charge is 0.468 e. The van der Waals surface area contributed by atoms with Crippen LogP contribution in [-0.2, 0) is 4.12 Å². The molecule has 0 N–H and O–H groups in total. The Bertz CT molecular complexity index is 168. The minimum atomic E-state index is -0.373. The highest BCUT2D eigenvalue weighted by molar-refractivity contribution is 6.38. The molecular formula is C10H26OSi2. The van der Waals surface area contributed by atoms with Crippen LogP contribution in [0.5, 0.6) is 0 Å². The molecule has 0 unspecified atom stereocenters. The van der Waals surface area contributed by atoms with Gasteiger partial charge in [-0.25, -0.2) is 0 Å². The molecule has 3 heteroatoms. The van der Waals surface area contributed by atoms with E-state index in [0.717, 1.165) is 10.5 Å². The molecule has 0 atom stereocenters. The lowest BCUT2D eigenvalue weighted by Crippen LogP contribution is -2.42. The fourth-order valence-corrected chi connectivity index (χ4v) is 5.33. The molecule has 0 aromatic heterocycles. The van der Waals surface area contributed by atoms with Crippen molar-refractivity contribution < 1.29 is 4.12 Å². The molecule has 0 aliphatic carbocycles. The second kappa shape index (κ2) is 3.87. The molecule has 0 saturated heterocycles. The number of hydrogen-bond donors (Lipinski definition) is 0. The molecule has 0 bridgehead atoms. The number of rotatable bonds is 3. The molecule has 0 fully saturated rings. The standard InChI is InChI=1S/C10H26OSi2/c1-8(2,3)9(4,5)10(6,7)13-11-12/h13H2,1-7,12H3. The summed E-state index contributed by atoms with van der Waals surface area (Å²) >= 11 is 0. The molecule has 0 amide bonds. The molecule has 0 spiro atoms. The summed E-state index contributed by atoms with van der Waals surface area (Å²) in [4.78, 5) is 0. The Kier molecular flexibility index (Phi) is 3.99. The molecule has 0 saturated carbocycles. The van der Waals surface area contributed by atoms with E-state index in [-0.39, 0.29) is 9.76 Å². The summed E-state index contributed by atoms with van der Waals surface area (Å²) in [6, 6.07) is 0. The van der Waals surface area contributed by atoms with Crippen LogP contribution in [0.25, 0.3) is 0 Å². The number of hydrogen-bond acceptors (Lipinski definition) is 1. The Balaban J connectivity index is 4.81. The molecule has 80 valence electrons. The first-order valence-electron chi connectivity index (χ1n) is 5.05. The lowest BCUT2D eigenvalue weighted by Gasteiger charge is -2.50. The summed E-state index contributed by atoms with van der Waals surface area (Å²) in [6.45, 7) is 16.5. The van der Waals surface area contributed by atoms with E-state index in [1.807, 2.05) is 0 Å². The Morgan fingerprint density at radius 3 is 1.54 bits per heavy atom. The van der Waals surface area contributed by atoms with Gasteiger partial charge in [0.1, 0.15) is 10.5 Å². The second-order valence-electron chi connectivity index (χ2n) is 6.19. The van der Waals surface area contributed by atoms with Gasteiger partial charge in [0.05, 0.1) is 0 Å².